The Balaban J connectivity index is 0.00000144. The molecule has 0 aromatic heterocycles. The van der Waals surface area contributed by atoms with Gasteiger partial charge in [-0.2, -0.15) is 0 Å². The zero-order valence-corrected chi connectivity index (χ0v) is 9.14. The summed E-state index contributed by atoms with van der Waals surface area (Å²) in [5.41, 5.74) is 5.75. The highest BCUT2D eigenvalue weighted by atomic mass is 35.5. The van der Waals surface area contributed by atoms with Gasteiger partial charge in [0.2, 0.25) is 5.91 Å². The van der Waals surface area contributed by atoms with Gasteiger partial charge in [-0.25, -0.2) is 0 Å². The maximum absolute atomic E-state index is 11.6. The predicted octanol–water partition coefficient (Wildman–Crippen LogP) is 1.01. The Labute approximate surface area is 86.1 Å². The van der Waals surface area contributed by atoms with Gasteiger partial charge in [-0.1, -0.05) is 13.8 Å². The predicted molar refractivity (Wildman–Crippen MR) is 55.9 cm³/mol. The van der Waals surface area contributed by atoms with E-state index in [1.54, 1.807) is 0 Å². The van der Waals surface area contributed by atoms with Gasteiger partial charge in [-0.05, 0) is 18.8 Å². The third-order valence-electron chi connectivity index (χ3n) is 2.42. The molecule has 0 aromatic carbocycles. The normalized spacial score (nSPS) is 18.6. The van der Waals surface area contributed by atoms with E-state index in [2.05, 4.69) is 0 Å². The molecule has 1 rings (SSSR count). The maximum Gasteiger partial charge on any atom is 0.239 e. The lowest BCUT2D eigenvalue weighted by molar-refractivity contribution is -0.132. The molecule has 1 aliphatic heterocycles. The number of amides is 1. The molecule has 1 saturated heterocycles. The number of hydrogen-bond donors (Lipinski definition) is 1. The summed E-state index contributed by atoms with van der Waals surface area (Å²) in [6.45, 7) is 5.77. The van der Waals surface area contributed by atoms with Crippen LogP contribution in [0.1, 0.15) is 26.7 Å². The van der Waals surface area contributed by atoms with E-state index in [0.717, 1.165) is 25.9 Å². The van der Waals surface area contributed by atoms with Crippen LogP contribution in [0.25, 0.3) is 0 Å². The van der Waals surface area contributed by atoms with Crippen LogP contribution in [0.2, 0.25) is 0 Å². The summed E-state index contributed by atoms with van der Waals surface area (Å²) in [7, 11) is 0. The fourth-order valence-corrected chi connectivity index (χ4v) is 1.43. The van der Waals surface area contributed by atoms with Crippen LogP contribution in [0.3, 0.4) is 0 Å². The lowest BCUT2D eigenvalue weighted by Crippen LogP contribution is -2.45. The second kappa shape index (κ2) is 5.45. The third-order valence-corrected chi connectivity index (χ3v) is 2.42. The topological polar surface area (TPSA) is 46.3 Å². The van der Waals surface area contributed by atoms with E-state index in [9.17, 15) is 4.79 Å². The van der Waals surface area contributed by atoms with Crippen LogP contribution in [-0.4, -0.2) is 29.9 Å². The molecule has 0 bridgehead atoms. The Morgan fingerprint density at radius 1 is 1.31 bits per heavy atom. The first-order valence-corrected chi connectivity index (χ1v) is 4.67. The summed E-state index contributed by atoms with van der Waals surface area (Å²) in [4.78, 5) is 13.5. The van der Waals surface area contributed by atoms with Crippen LogP contribution in [-0.2, 0) is 4.79 Å². The lowest BCUT2D eigenvalue weighted by Gasteiger charge is -2.22. The van der Waals surface area contributed by atoms with Crippen molar-refractivity contribution in [2.75, 3.05) is 13.1 Å². The smallest absolute Gasteiger partial charge is 0.239 e. The van der Waals surface area contributed by atoms with Crippen LogP contribution in [0.4, 0.5) is 0 Å². The van der Waals surface area contributed by atoms with Gasteiger partial charge in [0.1, 0.15) is 0 Å². The maximum atomic E-state index is 11.6. The van der Waals surface area contributed by atoms with Gasteiger partial charge in [-0.15, -0.1) is 12.4 Å². The minimum Gasteiger partial charge on any atom is -0.341 e. The summed E-state index contributed by atoms with van der Waals surface area (Å²) >= 11 is 0. The first-order valence-electron chi connectivity index (χ1n) is 4.67. The molecule has 0 aliphatic carbocycles. The number of nitrogens with two attached hydrogens (primary N) is 1. The minimum absolute atomic E-state index is 0. The summed E-state index contributed by atoms with van der Waals surface area (Å²) in [5.74, 6) is 0.376. The molecule has 4 heteroatoms. The summed E-state index contributed by atoms with van der Waals surface area (Å²) in [6, 6.07) is -0.303. The van der Waals surface area contributed by atoms with E-state index in [-0.39, 0.29) is 30.3 Å². The van der Waals surface area contributed by atoms with E-state index < -0.39 is 0 Å². The first kappa shape index (κ1) is 12.7. The molecule has 1 amide bonds. The van der Waals surface area contributed by atoms with Crippen molar-refractivity contribution in [3.8, 4) is 0 Å². The minimum atomic E-state index is -0.303. The Kier molecular flexibility index (Phi) is 5.33. The molecule has 0 spiro atoms. The fourth-order valence-electron chi connectivity index (χ4n) is 1.43. The molecular weight excluding hydrogens is 188 g/mol. The zero-order valence-electron chi connectivity index (χ0n) is 8.32. The van der Waals surface area contributed by atoms with E-state index in [1.807, 2.05) is 18.7 Å². The van der Waals surface area contributed by atoms with Crippen molar-refractivity contribution in [1.82, 2.24) is 4.90 Å². The number of carbonyl (C=O) groups excluding carboxylic acids is 1. The molecule has 1 fully saturated rings. The summed E-state index contributed by atoms with van der Waals surface area (Å²) < 4.78 is 0. The Morgan fingerprint density at radius 2 is 1.77 bits per heavy atom. The number of hydrogen-bond acceptors (Lipinski definition) is 2. The number of carbonyl (C=O) groups is 1. The van der Waals surface area contributed by atoms with Crippen LogP contribution >= 0.6 is 12.4 Å². The standard InChI is InChI=1S/C9H18N2O.ClH/c1-7(2)8(10)9(12)11-5-3-4-6-11;/h7-8H,3-6,10H2,1-2H3;1H/t8-;/m1./s1. The summed E-state index contributed by atoms with van der Waals surface area (Å²) in [5, 5.41) is 0. The zero-order chi connectivity index (χ0) is 9.14. The Morgan fingerprint density at radius 3 is 2.15 bits per heavy atom. The molecule has 78 valence electrons. The number of nitrogens with zero attached hydrogens (tertiary/aromatic N) is 1. The molecule has 0 radical (unpaired) electrons. The molecule has 0 aromatic rings. The molecular formula is C9H19ClN2O. The van der Waals surface area contributed by atoms with Crippen molar-refractivity contribution in [1.29, 1.82) is 0 Å². The van der Waals surface area contributed by atoms with Gasteiger partial charge < -0.3 is 10.6 Å². The fraction of sp³-hybridized carbons (Fsp3) is 0.889. The number of halogens is 1. The average molecular weight is 207 g/mol. The highest BCUT2D eigenvalue weighted by molar-refractivity contribution is 5.85. The van der Waals surface area contributed by atoms with Crippen molar-refractivity contribution < 1.29 is 4.79 Å². The first-order chi connectivity index (χ1) is 5.63. The Bertz CT molecular complexity index is 163. The van der Waals surface area contributed by atoms with Crippen molar-refractivity contribution in [3.05, 3.63) is 0 Å². The quantitative estimate of drug-likeness (QED) is 0.733. The molecule has 3 nitrogen and oxygen atoms in total. The van der Waals surface area contributed by atoms with Crippen LogP contribution in [0.5, 0.6) is 0 Å². The second-order valence-corrected chi connectivity index (χ2v) is 3.80. The molecule has 1 heterocycles. The van der Waals surface area contributed by atoms with Crippen LogP contribution < -0.4 is 5.73 Å². The Hall–Kier alpha value is -0.280. The SMILES string of the molecule is CC(C)[C@@H](N)C(=O)N1CCCC1.Cl. The van der Waals surface area contributed by atoms with E-state index >= 15 is 0 Å². The molecule has 0 saturated carbocycles. The molecule has 13 heavy (non-hydrogen) atoms. The average Bonchev–Trinajstić information content (AvgIpc) is 2.53. The monoisotopic (exact) mass is 206 g/mol. The molecule has 1 aliphatic rings. The van der Waals surface area contributed by atoms with Gasteiger partial charge in [-0.3, -0.25) is 4.79 Å². The van der Waals surface area contributed by atoms with Gasteiger partial charge in [0.05, 0.1) is 6.04 Å². The second-order valence-electron chi connectivity index (χ2n) is 3.80. The van der Waals surface area contributed by atoms with Crippen molar-refractivity contribution >= 4 is 18.3 Å². The van der Waals surface area contributed by atoms with E-state index in [4.69, 9.17) is 5.73 Å². The van der Waals surface area contributed by atoms with Crippen molar-refractivity contribution in [2.24, 2.45) is 11.7 Å². The molecule has 1 atom stereocenters. The number of rotatable bonds is 2. The largest absolute Gasteiger partial charge is 0.341 e. The molecule has 0 unspecified atom stereocenters. The highest BCUT2D eigenvalue weighted by Gasteiger charge is 2.25. The van der Waals surface area contributed by atoms with Gasteiger partial charge >= 0.3 is 0 Å². The van der Waals surface area contributed by atoms with Crippen LogP contribution in [0, 0.1) is 5.92 Å². The highest BCUT2D eigenvalue weighted by Crippen LogP contribution is 2.11. The van der Waals surface area contributed by atoms with Crippen molar-refractivity contribution in [2.45, 2.75) is 32.7 Å². The van der Waals surface area contributed by atoms with E-state index in [1.165, 1.54) is 0 Å². The third kappa shape index (κ3) is 3.16. The van der Waals surface area contributed by atoms with Gasteiger partial charge in [0.15, 0.2) is 0 Å². The number of likely N-dealkylation sites (tertiary alicyclic amines) is 1. The van der Waals surface area contributed by atoms with Gasteiger partial charge in [0.25, 0.3) is 0 Å². The lowest BCUT2D eigenvalue weighted by atomic mass is 10.0. The van der Waals surface area contributed by atoms with E-state index in [0.29, 0.717) is 0 Å². The van der Waals surface area contributed by atoms with Crippen molar-refractivity contribution in [3.63, 3.8) is 0 Å². The van der Waals surface area contributed by atoms with Crippen LogP contribution in [0.15, 0.2) is 0 Å². The molecule has 2 N–H and O–H groups in total. The van der Waals surface area contributed by atoms with Gasteiger partial charge in [0, 0.05) is 13.1 Å². The summed E-state index contributed by atoms with van der Waals surface area (Å²) in [6.07, 6.45) is 2.27.